The second-order valence-corrected chi connectivity index (χ2v) is 12.9. The van der Waals surface area contributed by atoms with Crippen LogP contribution in [0.25, 0.3) is 0 Å². The maximum atomic E-state index is 12.7. The molecule has 0 saturated heterocycles. The van der Waals surface area contributed by atoms with Crippen molar-refractivity contribution in [2.24, 2.45) is 22.9 Å². The summed E-state index contributed by atoms with van der Waals surface area (Å²) in [5.41, 5.74) is 6.30. The van der Waals surface area contributed by atoms with Gasteiger partial charge in [-0.25, -0.2) is 5.43 Å². The summed E-state index contributed by atoms with van der Waals surface area (Å²) in [4.78, 5) is 25.0. The first-order valence-electron chi connectivity index (χ1n) is 14.8. The molecule has 4 aliphatic carbocycles. The number of nitrogens with one attached hydrogen (secondary N) is 2. The van der Waals surface area contributed by atoms with Crippen LogP contribution in [-0.2, 0) is 10.2 Å². The second kappa shape index (κ2) is 12.3. The summed E-state index contributed by atoms with van der Waals surface area (Å²) in [6.45, 7) is 2.16. The zero-order valence-corrected chi connectivity index (χ0v) is 25.4. The van der Waals surface area contributed by atoms with Crippen LogP contribution in [0.15, 0.2) is 76.3 Å². The van der Waals surface area contributed by atoms with E-state index >= 15 is 0 Å². The van der Waals surface area contributed by atoms with Gasteiger partial charge < -0.3 is 14.8 Å². The summed E-state index contributed by atoms with van der Waals surface area (Å²) < 4.78 is 12.5. The first kappa shape index (κ1) is 28.5. The maximum Gasteiger partial charge on any atom is 0.271 e. The summed E-state index contributed by atoms with van der Waals surface area (Å²) in [5, 5.41) is 7.02. The van der Waals surface area contributed by atoms with Gasteiger partial charge in [-0.15, -0.1) is 0 Å². The van der Waals surface area contributed by atoms with Crippen molar-refractivity contribution in [3.63, 3.8) is 0 Å². The molecule has 42 heavy (non-hydrogen) atoms. The molecular formula is C34H36BrN3O4. The number of benzene rings is 3. The van der Waals surface area contributed by atoms with Crippen LogP contribution in [0, 0.1) is 17.8 Å². The lowest BCUT2D eigenvalue weighted by Gasteiger charge is -2.57. The topological polar surface area (TPSA) is 89.0 Å². The van der Waals surface area contributed by atoms with Gasteiger partial charge >= 0.3 is 0 Å². The Morgan fingerprint density at radius 1 is 0.905 bits per heavy atom. The molecule has 2 N–H and O–H groups in total. The van der Waals surface area contributed by atoms with E-state index in [0.717, 1.165) is 27.9 Å². The van der Waals surface area contributed by atoms with Gasteiger partial charge in [-0.3, -0.25) is 9.59 Å². The van der Waals surface area contributed by atoms with Crippen LogP contribution in [0.2, 0.25) is 0 Å². The molecule has 3 aromatic rings. The molecule has 4 fully saturated rings. The molecule has 0 unspecified atom stereocenters. The molecule has 4 aliphatic rings. The average Bonchev–Trinajstić information content (AvgIpc) is 2.97. The van der Waals surface area contributed by atoms with E-state index in [-0.39, 0.29) is 18.4 Å². The van der Waals surface area contributed by atoms with Crippen LogP contribution in [0.3, 0.4) is 0 Å². The molecule has 0 radical (unpaired) electrons. The highest BCUT2D eigenvalue weighted by molar-refractivity contribution is 9.10. The Labute approximate surface area is 255 Å². The number of carbonyl (C=O) groups is 2. The van der Waals surface area contributed by atoms with E-state index in [9.17, 15) is 9.59 Å². The molecule has 0 heterocycles. The molecule has 4 saturated carbocycles. The van der Waals surface area contributed by atoms with Gasteiger partial charge in [-0.1, -0.05) is 28.1 Å². The van der Waals surface area contributed by atoms with Crippen LogP contribution in [0.4, 0.5) is 5.69 Å². The number of rotatable bonds is 10. The fourth-order valence-corrected chi connectivity index (χ4v) is 7.80. The second-order valence-electron chi connectivity index (χ2n) is 12.0. The van der Waals surface area contributed by atoms with E-state index in [4.69, 9.17) is 9.47 Å². The predicted molar refractivity (Wildman–Crippen MR) is 167 cm³/mol. The Morgan fingerprint density at radius 3 is 2.21 bits per heavy atom. The molecule has 7 rings (SSSR count). The van der Waals surface area contributed by atoms with Gasteiger partial charge in [-0.2, -0.15) is 5.10 Å². The Balaban J connectivity index is 1.03. The number of hydrazone groups is 1. The fourth-order valence-electron chi connectivity index (χ4n) is 7.54. The molecule has 0 aliphatic heterocycles. The lowest BCUT2D eigenvalue weighted by Crippen LogP contribution is -2.48. The molecule has 8 heteroatoms. The van der Waals surface area contributed by atoms with Crippen molar-refractivity contribution in [3.05, 3.63) is 87.9 Å². The maximum absolute atomic E-state index is 12.7. The molecule has 0 aromatic heterocycles. The number of amides is 2. The third kappa shape index (κ3) is 6.38. The minimum absolute atomic E-state index is 0.145. The standard InChI is InChI=1S/C34H36BrN3O4/c1-2-41-31-16-22(20-36-38-33(40)26-4-8-28(35)9-5-26)3-12-30(31)42-21-32(39)37-29-10-6-27(7-11-29)34-17-23-13-24(18-34)15-25(14-23)19-34/h3-12,16,20,23-25H,2,13-15,17-19,21H2,1H3,(H,37,39)(H,38,40)/b36-20+. The normalized spacial score (nSPS) is 24.0. The monoisotopic (exact) mass is 629 g/mol. The third-order valence-electron chi connectivity index (χ3n) is 8.93. The molecule has 2 amide bonds. The van der Waals surface area contributed by atoms with E-state index < -0.39 is 0 Å². The van der Waals surface area contributed by atoms with Gasteiger partial charge in [-0.05, 0) is 134 Å². The molecular weight excluding hydrogens is 594 g/mol. The zero-order chi connectivity index (χ0) is 29.1. The summed E-state index contributed by atoms with van der Waals surface area (Å²) in [5.74, 6) is 3.12. The number of anilines is 1. The van der Waals surface area contributed by atoms with Crippen LogP contribution in [0.5, 0.6) is 11.5 Å². The Morgan fingerprint density at radius 2 is 1.57 bits per heavy atom. The van der Waals surface area contributed by atoms with Crippen molar-refractivity contribution in [2.75, 3.05) is 18.5 Å². The van der Waals surface area contributed by atoms with Crippen LogP contribution in [-0.4, -0.2) is 31.2 Å². The van der Waals surface area contributed by atoms with Crippen LogP contribution in [0.1, 0.15) is 66.9 Å². The number of halogens is 1. The van der Waals surface area contributed by atoms with E-state index in [0.29, 0.717) is 34.6 Å². The highest BCUT2D eigenvalue weighted by atomic mass is 79.9. The molecule has 218 valence electrons. The summed E-state index contributed by atoms with van der Waals surface area (Å²) in [6.07, 6.45) is 9.80. The van der Waals surface area contributed by atoms with Crippen molar-refractivity contribution in [3.8, 4) is 11.5 Å². The van der Waals surface area contributed by atoms with Gasteiger partial charge in [0.05, 0.1) is 12.8 Å². The van der Waals surface area contributed by atoms with Gasteiger partial charge in [0.1, 0.15) is 0 Å². The first-order chi connectivity index (χ1) is 20.4. The summed E-state index contributed by atoms with van der Waals surface area (Å²) in [7, 11) is 0. The lowest BCUT2D eigenvalue weighted by atomic mass is 9.48. The number of nitrogens with zero attached hydrogens (tertiary/aromatic N) is 1. The van der Waals surface area contributed by atoms with Crippen molar-refractivity contribution in [1.82, 2.24) is 5.43 Å². The van der Waals surface area contributed by atoms with Crippen molar-refractivity contribution < 1.29 is 19.1 Å². The Kier molecular flexibility index (Phi) is 8.34. The third-order valence-corrected chi connectivity index (χ3v) is 9.46. The highest BCUT2D eigenvalue weighted by Gasteiger charge is 2.51. The number of ether oxygens (including phenoxy) is 2. The SMILES string of the molecule is CCOc1cc(/C=N/NC(=O)c2ccc(Br)cc2)ccc1OCC(=O)Nc1ccc(C23CC4CC(CC(C4)C2)C3)cc1. The van der Waals surface area contributed by atoms with Crippen LogP contribution < -0.4 is 20.2 Å². The van der Waals surface area contributed by atoms with E-state index in [1.54, 1.807) is 42.5 Å². The summed E-state index contributed by atoms with van der Waals surface area (Å²) in [6, 6.07) is 20.8. The smallest absolute Gasteiger partial charge is 0.271 e. The quantitative estimate of drug-likeness (QED) is 0.185. The molecule has 4 bridgehead atoms. The zero-order valence-electron chi connectivity index (χ0n) is 23.8. The van der Waals surface area contributed by atoms with Gasteiger partial charge in [0.25, 0.3) is 11.8 Å². The molecule has 0 spiro atoms. The Bertz CT molecular complexity index is 1430. The average molecular weight is 631 g/mol. The largest absolute Gasteiger partial charge is 0.490 e. The molecule has 0 atom stereocenters. The van der Waals surface area contributed by atoms with Gasteiger partial charge in [0.15, 0.2) is 18.1 Å². The van der Waals surface area contributed by atoms with Gasteiger partial charge in [0.2, 0.25) is 0 Å². The van der Waals surface area contributed by atoms with Gasteiger partial charge in [0, 0.05) is 15.7 Å². The van der Waals surface area contributed by atoms with E-state index in [2.05, 4.69) is 43.9 Å². The van der Waals surface area contributed by atoms with E-state index in [1.165, 1.54) is 50.3 Å². The number of carbonyl (C=O) groups excluding carboxylic acids is 2. The van der Waals surface area contributed by atoms with Crippen LogP contribution >= 0.6 is 15.9 Å². The number of hydrogen-bond acceptors (Lipinski definition) is 5. The highest BCUT2D eigenvalue weighted by Crippen LogP contribution is 2.60. The summed E-state index contributed by atoms with van der Waals surface area (Å²) >= 11 is 3.36. The number of hydrogen-bond donors (Lipinski definition) is 2. The molecule has 7 nitrogen and oxygen atoms in total. The van der Waals surface area contributed by atoms with Crippen molar-refractivity contribution in [2.45, 2.75) is 50.9 Å². The lowest BCUT2D eigenvalue weighted by molar-refractivity contribution is -0.118. The van der Waals surface area contributed by atoms with Crippen molar-refractivity contribution >= 4 is 39.6 Å². The first-order valence-corrected chi connectivity index (χ1v) is 15.6. The Hall–Kier alpha value is -3.65. The predicted octanol–water partition coefficient (Wildman–Crippen LogP) is 7.10. The minimum atomic E-state index is -0.308. The molecule has 3 aromatic carbocycles. The minimum Gasteiger partial charge on any atom is -0.490 e. The van der Waals surface area contributed by atoms with E-state index in [1.807, 2.05) is 19.1 Å². The van der Waals surface area contributed by atoms with Crippen molar-refractivity contribution in [1.29, 1.82) is 0 Å². The fraction of sp³-hybridized carbons (Fsp3) is 0.382.